The van der Waals surface area contributed by atoms with E-state index in [1.54, 1.807) is 0 Å². The van der Waals surface area contributed by atoms with Crippen LogP contribution in [0.5, 0.6) is 0 Å². The number of hydrogen-bond donors (Lipinski definition) is 3. The van der Waals surface area contributed by atoms with Crippen LogP contribution < -0.4 is 11.5 Å². The Bertz CT molecular complexity index is 84.1. The van der Waals surface area contributed by atoms with Gasteiger partial charge >= 0.3 is 5.97 Å². The van der Waals surface area contributed by atoms with Crippen LogP contribution in [-0.2, 0) is 4.79 Å². The molecule has 0 aromatic rings. The maximum Gasteiger partial charge on any atom is 0.320 e. The molecule has 1 unspecified atom stereocenters. The third-order valence-corrected chi connectivity index (χ3v) is 0.795. The fourth-order valence-corrected chi connectivity index (χ4v) is 0.303. The normalized spacial score (nSPS) is 13.2. The molecule has 48 valence electrons. The van der Waals surface area contributed by atoms with Gasteiger partial charge in [0.15, 0.2) is 0 Å². The summed E-state index contributed by atoms with van der Waals surface area (Å²) >= 11 is 0. The molecule has 4 nitrogen and oxygen atoms in total. The zero-order valence-electron chi connectivity index (χ0n) is 4.50. The minimum atomic E-state index is -0.990. The Hall–Kier alpha value is -0.610. The molecular weight excluding hydrogens is 107 g/mol. The summed E-state index contributed by atoms with van der Waals surface area (Å²) in [4.78, 5) is 9.91. The lowest BCUT2D eigenvalue weighted by atomic mass is 9.96. The van der Waals surface area contributed by atoms with Gasteiger partial charge in [0.25, 0.3) is 0 Å². The van der Waals surface area contributed by atoms with E-state index in [9.17, 15) is 4.79 Å². The smallest absolute Gasteiger partial charge is 0.320 e. The first kappa shape index (κ1) is 7.39. The number of carboxylic acids is 1. The summed E-state index contributed by atoms with van der Waals surface area (Å²) < 4.78 is 0. The molecule has 0 aliphatic carbocycles. The van der Waals surface area contributed by atoms with Gasteiger partial charge in [0.2, 0.25) is 0 Å². The van der Waals surface area contributed by atoms with Gasteiger partial charge in [0, 0.05) is 0 Å². The average molecular weight is 117 g/mol. The second-order valence-corrected chi connectivity index (χ2v) is 1.52. The van der Waals surface area contributed by atoms with E-state index in [2.05, 4.69) is 0 Å². The van der Waals surface area contributed by atoms with Crippen LogP contribution in [0, 0.1) is 0 Å². The van der Waals surface area contributed by atoms with Crippen LogP contribution >= 0.6 is 0 Å². The van der Waals surface area contributed by atoms with Crippen molar-refractivity contribution in [1.82, 2.24) is 0 Å². The number of nitrogens with two attached hydrogens (primary N) is 2. The molecule has 0 aliphatic heterocycles. The van der Waals surface area contributed by atoms with E-state index in [-0.39, 0.29) is 0 Å². The fourth-order valence-electron chi connectivity index (χ4n) is 0.303. The van der Waals surface area contributed by atoms with Gasteiger partial charge in [-0.15, -0.1) is 0 Å². The molecule has 1 atom stereocenters. The Morgan fingerprint density at radius 3 is 2.38 bits per heavy atom. The predicted molar refractivity (Wildman–Crippen MR) is 29.3 cm³/mol. The standard InChI is InChI=1S/C4H10N2O2/c5-2-1-3(6)4(7)8/h3H,1-2,5-6H2,(H,7,8)/i2-1. The molecular formula is C4H10N2O2. The molecule has 0 amide bonds. The number of aliphatic carboxylic acids is 1. The molecule has 0 bridgehead atoms. The summed E-state index contributed by atoms with van der Waals surface area (Å²) in [6, 6.07) is -0.792. The van der Waals surface area contributed by atoms with Crippen LogP contribution in [0.3, 0.4) is 0 Å². The van der Waals surface area contributed by atoms with Gasteiger partial charge in [-0.25, -0.2) is 0 Å². The summed E-state index contributed by atoms with van der Waals surface area (Å²) in [6.45, 7) is 0.327. The first-order valence-electron chi connectivity index (χ1n) is 2.37. The Balaban J connectivity index is 3.32. The molecule has 0 aliphatic rings. The quantitative estimate of drug-likeness (QED) is 0.430. The minimum Gasteiger partial charge on any atom is -0.480 e. The summed E-state index contributed by atoms with van der Waals surface area (Å²) in [5, 5.41) is 8.13. The van der Waals surface area contributed by atoms with E-state index in [0.717, 1.165) is 0 Å². The highest BCUT2D eigenvalue weighted by molar-refractivity contribution is 5.72. The van der Waals surface area contributed by atoms with E-state index in [0.29, 0.717) is 13.0 Å². The van der Waals surface area contributed by atoms with Crippen molar-refractivity contribution in [2.45, 2.75) is 12.5 Å². The van der Waals surface area contributed by atoms with Crippen molar-refractivity contribution in [3.05, 3.63) is 0 Å². The Morgan fingerprint density at radius 2 is 2.25 bits per heavy atom. The maximum absolute atomic E-state index is 9.91. The van der Waals surface area contributed by atoms with Crippen molar-refractivity contribution in [2.24, 2.45) is 11.5 Å². The Labute approximate surface area is 47.5 Å². The van der Waals surface area contributed by atoms with Crippen LogP contribution in [0.1, 0.15) is 6.42 Å². The monoisotopic (exact) mass is 117 g/mol. The van der Waals surface area contributed by atoms with Crippen LogP contribution in [0.4, 0.5) is 0 Å². The van der Waals surface area contributed by atoms with Gasteiger partial charge in [-0.2, -0.15) is 0 Å². The first-order chi connectivity index (χ1) is 3.68. The fraction of sp³-hybridized carbons (Fsp3) is 0.750. The van der Waals surface area contributed by atoms with E-state index < -0.39 is 12.0 Å². The molecule has 0 rings (SSSR count). The lowest BCUT2D eigenvalue weighted by molar-refractivity contribution is -0.138. The Kier molecular flexibility index (Phi) is 3.14. The van der Waals surface area contributed by atoms with E-state index in [1.807, 2.05) is 0 Å². The summed E-state index contributed by atoms with van der Waals surface area (Å²) in [5.74, 6) is -0.990. The van der Waals surface area contributed by atoms with Gasteiger partial charge in [-0.05, 0) is 13.0 Å². The van der Waals surface area contributed by atoms with Crippen molar-refractivity contribution in [2.75, 3.05) is 6.54 Å². The predicted octanol–water partition coefficient (Wildman–Crippen LogP) is -1.25. The summed E-state index contributed by atoms with van der Waals surface area (Å²) in [7, 11) is 0. The molecule has 0 saturated heterocycles. The van der Waals surface area contributed by atoms with E-state index >= 15 is 0 Å². The molecule has 4 heteroatoms. The van der Waals surface area contributed by atoms with Gasteiger partial charge < -0.3 is 16.6 Å². The number of rotatable bonds is 3. The van der Waals surface area contributed by atoms with E-state index in [4.69, 9.17) is 16.6 Å². The van der Waals surface area contributed by atoms with Gasteiger partial charge in [0.05, 0.1) is 0 Å². The topological polar surface area (TPSA) is 89.3 Å². The van der Waals surface area contributed by atoms with E-state index in [1.165, 1.54) is 0 Å². The molecule has 0 aromatic carbocycles. The molecule has 5 N–H and O–H groups in total. The van der Waals surface area contributed by atoms with Crippen molar-refractivity contribution >= 4 is 5.97 Å². The van der Waals surface area contributed by atoms with Crippen LogP contribution in [0.15, 0.2) is 0 Å². The van der Waals surface area contributed by atoms with Crippen molar-refractivity contribution in [3.8, 4) is 0 Å². The third-order valence-electron chi connectivity index (χ3n) is 0.795. The van der Waals surface area contributed by atoms with Crippen molar-refractivity contribution < 1.29 is 9.90 Å². The molecule has 0 heterocycles. The largest absolute Gasteiger partial charge is 0.480 e. The average Bonchev–Trinajstić information content (AvgIpc) is 1.67. The highest BCUT2D eigenvalue weighted by Gasteiger charge is 2.07. The second kappa shape index (κ2) is 3.40. The van der Waals surface area contributed by atoms with Crippen molar-refractivity contribution in [1.29, 1.82) is 0 Å². The zero-order chi connectivity index (χ0) is 6.57. The second-order valence-electron chi connectivity index (χ2n) is 1.52. The maximum atomic E-state index is 9.91. The SMILES string of the molecule is N[11CH2]CC(N)C(=O)O. The molecule has 0 aromatic heterocycles. The van der Waals surface area contributed by atoms with Gasteiger partial charge in [0.1, 0.15) is 6.04 Å². The molecule has 0 radical (unpaired) electrons. The first-order valence-corrected chi connectivity index (χ1v) is 2.37. The number of hydrogen-bond acceptors (Lipinski definition) is 3. The molecule has 0 saturated carbocycles. The number of carboxylic acid groups (broad SMARTS) is 1. The molecule has 0 fully saturated rings. The van der Waals surface area contributed by atoms with Crippen LogP contribution in [0.25, 0.3) is 0 Å². The molecule has 8 heavy (non-hydrogen) atoms. The minimum absolute atomic E-state index is 0.327. The van der Waals surface area contributed by atoms with Crippen LogP contribution in [-0.4, -0.2) is 23.7 Å². The lowest BCUT2D eigenvalue weighted by Gasteiger charge is -2.00. The third kappa shape index (κ3) is 2.54. The van der Waals surface area contributed by atoms with Gasteiger partial charge in [-0.1, -0.05) is 0 Å². The highest BCUT2D eigenvalue weighted by Crippen LogP contribution is 1.82. The molecule has 0 spiro atoms. The summed E-state index contributed by atoms with van der Waals surface area (Å²) in [5.41, 5.74) is 10.1. The summed E-state index contributed by atoms with van der Waals surface area (Å²) in [6.07, 6.45) is 0.343. The zero-order valence-corrected chi connectivity index (χ0v) is 4.50. The van der Waals surface area contributed by atoms with Crippen molar-refractivity contribution in [3.63, 3.8) is 0 Å². The Morgan fingerprint density at radius 1 is 1.75 bits per heavy atom. The highest BCUT2D eigenvalue weighted by atomic mass is 16.4. The van der Waals surface area contributed by atoms with Gasteiger partial charge in [-0.3, -0.25) is 4.79 Å². The number of carbonyl (C=O) groups is 1. The lowest BCUT2D eigenvalue weighted by Crippen LogP contribution is -2.32. The van der Waals surface area contributed by atoms with Crippen LogP contribution in [0.2, 0.25) is 0 Å².